The average Bonchev–Trinajstić information content (AvgIpc) is 3.38. The number of nitriles is 2. The zero-order chi connectivity index (χ0) is 24.1. The van der Waals surface area contributed by atoms with Crippen molar-refractivity contribution in [1.82, 2.24) is 0 Å². The van der Waals surface area contributed by atoms with E-state index < -0.39 is 11.8 Å². The van der Waals surface area contributed by atoms with Crippen molar-refractivity contribution in [3.8, 4) is 23.5 Å². The van der Waals surface area contributed by atoms with Crippen molar-refractivity contribution < 1.29 is 18.7 Å². The Morgan fingerprint density at radius 2 is 1.97 bits per heavy atom. The van der Waals surface area contributed by atoms with Gasteiger partial charge in [-0.25, -0.2) is 4.79 Å². The fraction of sp³-hybridized carbons (Fsp3) is 0.167. The second-order valence-corrected chi connectivity index (χ2v) is 8.65. The maximum absolute atomic E-state index is 12.8. The number of rotatable bonds is 7. The summed E-state index contributed by atoms with van der Waals surface area (Å²) in [7, 11) is 0. The van der Waals surface area contributed by atoms with E-state index in [0.717, 1.165) is 11.3 Å². The number of ketones is 1. The average molecular weight is 499 g/mol. The first-order valence-electron chi connectivity index (χ1n) is 9.69. The first kappa shape index (κ1) is 24.3. The lowest BCUT2D eigenvalue weighted by Gasteiger charge is -2.02. The third-order valence-corrected chi connectivity index (χ3v) is 6.76. The number of thiophene rings is 1. The molecule has 0 aliphatic rings. The van der Waals surface area contributed by atoms with Crippen LogP contribution in [-0.4, -0.2) is 18.4 Å². The largest absolute Gasteiger partial charge is 0.462 e. The molecule has 0 aliphatic carbocycles. The molecule has 0 saturated carbocycles. The van der Waals surface area contributed by atoms with Gasteiger partial charge in [-0.1, -0.05) is 29.3 Å². The molecular formula is C24H16Cl2N2O4S. The summed E-state index contributed by atoms with van der Waals surface area (Å²) >= 11 is 13.3. The number of benzene rings is 1. The van der Waals surface area contributed by atoms with Crippen LogP contribution in [0.5, 0.6) is 0 Å². The van der Waals surface area contributed by atoms with Gasteiger partial charge in [0.05, 0.1) is 27.8 Å². The third-order valence-electron chi connectivity index (χ3n) is 4.66. The lowest BCUT2D eigenvalue weighted by Crippen LogP contribution is -2.05. The van der Waals surface area contributed by atoms with Crippen molar-refractivity contribution in [3.05, 3.63) is 72.6 Å². The summed E-state index contributed by atoms with van der Waals surface area (Å²) in [4.78, 5) is 25.6. The number of carbonyl (C=O) groups excluding carboxylic acids is 2. The van der Waals surface area contributed by atoms with Crippen LogP contribution in [0.3, 0.4) is 0 Å². The van der Waals surface area contributed by atoms with Crippen molar-refractivity contribution in [2.24, 2.45) is 0 Å². The SMILES string of the molecule is CCOC(=O)c1sc(CC(=O)/C(C#N)=C/c2ccc(-c3cccc(Cl)c3Cl)o2)c(C#N)c1C. The minimum absolute atomic E-state index is 0.152. The first-order chi connectivity index (χ1) is 15.8. The van der Waals surface area contributed by atoms with Crippen LogP contribution in [0.2, 0.25) is 10.0 Å². The molecule has 0 N–H and O–H groups in total. The lowest BCUT2D eigenvalue weighted by atomic mass is 10.0. The van der Waals surface area contributed by atoms with E-state index in [2.05, 4.69) is 0 Å². The second kappa shape index (κ2) is 10.5. The number of hydrogen-bond donors (Lipinski definition) is 0. The molecule has 3 aromatic rings. The predicted molar refractivity (Wildman–Crippen MR) is 126 cm³/mol. The zero-order valence-corrected chi connectivity index (χ0v) is 19.9. The van der Waals surface area contributed by atoms with Crippen LogP contribution in [0.25, 0.3) is 17.4 Å². The fourth-order valence-electron chi connectivity index (χ4n) is 3.06. The van der Waals surface area contributed by atoms with E-state index >= 15 is 0 Å². The number of halogens is 2. The quantitative estimate of drug-likeness (QED) is 0.212. The Hall–Kier alpha value is -3.36. The molecule has 0 radical (unpaired) electrons. The standard InChI is InChI=1S/C24H16Cl2N2O4S/c1-3-31-24(30)23-13(2)17(12-28)21(33-23)10-19(29)14(11-27)9-15-7-8-20(32-15)16-5-4-6-18(25)22(16)26/h4-9H,3,10H2,1-2H3/b14-9+. The van der Waals surface area contributed by atoms with E-state index in [-0.39, 0.29) is 34.8 Å². The molecule has 0 bridgehead atoms. The molecule has 0 fully saturated rings. The highest BCUT2D eigenvalue weighted by atomic mass is 35.5. The number of Topliss-reactive ketones (excluding diaryl/α,β-unsaturated/α-hetero) is 1. The maximum atomic E-state index is 12.8. The van der Waals surface area contributed by atoms with E-state index in [0.29, 0.717) is 31.8 Å². The Labute approximate surface area is 204 Å². The van der Waals surface area contributed by atoms with Crippen LogP contribution in [0.4, 0.5) is 0 Å². The van der Waals surface area contributed by atoms with Crippen molar-refractivity contribution in [3.63, 3.8) is 0 Å². The number of ether oxygens (including phenoxy) is 1. The molecule has 166 valence electrons. The first-order valence-corrected chi connectivity index (χ1v) is 11.3. The highest BCUT2D eigenvalue weighted by Gasteiger charge is 2.23. The summed E-state index contributed by atoms with van der Waals surface area (Å²) < 4.78 is 10.7. The Morgan fingerprint density at radius 3 is 2.64 bits per heavy atom. The normalized spacial score (nSPS) is 11.0. The van der Waals surface area contributed by atoms with Crippen LogP contribution in [0.15, 0.2) is 40.3 Å². The molecule has 0 unspecified atom stereocenters. The van der Waals surface area contributed by atoms with Crippen LogP contribution in [-0.2, 0) is 16.0 Å². The van der Waals surface area contributed by atoms with Crippen LogP contribution in [0.1, 0.15) is 38.4 Å². The molecule has 9 heteroatoms. The molecule has 6 nitrogen and oxygen atoms in total. The van der Waals surface area contributed by atoms with Gasteiger partial charge in [-0.15, -0.1) is 11.3 Å². The number of esters is 1. The van der Waals surface area contributed by atoms with Gasteiger partial charge >= 0.3 is 5.97 Å². The second-order valence-electron chi connectivity index (χ2n) is 6.76. The maximum Gasteiger partial charge on any atom is 0.348 e. The molecule has 2 aromatic heterocycles. The molecular weight excluding hydrogens is 483 g/mol. The highest BCUT2D eigenvalue weighted by molar-refractivity contribution is 7.14. The summed E-state index contributed by atoms with van der Waals surface area (Å²) in [5.41, 5.74) is 1.12. The Bertz CT molecular complexity index is 1360. The Morgan fingerprint density at radius 1 is 1.21 bits per heavy atom. The highest BCUT2D eigenvalue weighted by Crippen LogP contribution is 2.35. The minimum atomic E-state index is -0.547. The minimum Gasteiger partial charge on any atom is -0.462 e. The number of furan rings is 1. The van der Waals surface area contributed by atoms with Crippen molar-refractivity contribution in [2.75, 3.05) is 6.61 Å². The number of hydrogen-bond acceptors (Lipinski definition) is 7. The molecule has 3 rings (SSSR count). The molecule has 0 aliphatic heterocycles. The van der Waals surface area contributed by atoms with Gasteiger partial charge in [0.1, 0.15) is 28.5 Å². The van der Waals surface area contributed by atoms with Gasteiger partial charge in [-0.2, -0.15) is 10.5 Å². The molecule has 33 heavy (non-hydrogen) atoms. The number of nitrogens with zero attached hydrogens (tertiary/aromatic N) is 2. The van der Waals surface area contributed by atoms with Gasteiger partial charge in [0.2, 0.25) is 0 Å². The molecule has 0 saturated heterocycles. The zero-order valence-electron chi connectivity index (χ0n) is 17.6. The molecule has 0 amide bonds. The Balaban J connectivity index is 1.88. The predicted octanol–water partition coefficient (Wildman–Crippen LogP) is 6.39. The summed E-state index contributed by atoms with van der Waals surface area (Å²) in [5.74, 6) is -0.349. The molecule has 0 spiro atoms. The van der Waals surface area contributed by atoms with Gasteiger partial charge in [0.25, 0.3) is 0 Å². The smallest absolute Gasteiger partial charge is 0.348 e. The summed E-state index contributed by atoms with van der Waals surface area (Å²) in [5, 5.41) is 19.7. The van der Waals surface area contributed by atoms with Crippen molar-refractivity contribution in [1.29, 1.82) is 10.5 Å². The van der Waals surface area contributed by atoms with Gasteiger partial charge in [-0.3, -0.25) is 4.79 Å². The summed E-state index contributed by atoms with van der Waals surface area (Å²) in [6, 6.07) is 12.3. The Kier molecular flexibility index (Phi) is 7.73. The topological polar surface area (TPSA) is 104 Å². The molecule has 1 aromatic carbocycles. The van der Waals surface area contributed by atoms with Crippen LogP contribution >= 0.6 is 34.5 Å². The van der Waals surface area contributed by atoms with Gasteiger partial charge < -0.3 is 9.15 Å². The van der Waals surface area contributed by atoms with E-state index in [1.54, 1.807) is 44.2 Å². The van der Waals surface area contributed by atoms with Gasteiger partial charge in [0.15, 0.2) is 5.78 Å². The van der Waals surface area contributed by atoms with Crippen LogP contribution in [0, 0.1) is 29.6 Å². The third kappa shape index (κ3) is 5.18. The van der Waals surface area contributed by atoms with Crippen LogP contribution < -0.4 is 0 Å². The molecule has 0 atom stereocenters. The van der Waals surface area contributed by atoms with Crippen molar-refractivity contribution >= 4 is 52.4 Å². The van der Waals surface area contributed by atoms with E-state index in [4.69, 9.17) is 32.4 Å². The monoisotopic (exact) mass is 498 g/mol. The van der Waals surface area contributed by atoms with Crippen molar-refractivity contribution in [2.45, 2.75) is 20.3 Å². The lowest BCUT2D eigenvalue weighted by molar-refractivity contribution is -0.114. The van der Waals surface area contributed by atoms with E-state index in [1.165, 1.54) is 6.08 Å². The summed E-state index contributed by atoms with van der Waals surface area (Å²) in [6.45, 7) is 3.50. The number of allylic oxidation sites excluding steroid dienone is 1. The van der Waals surface area contributed by atoms with E-state index in [9.17, 15) is 20.1 Å². The fourth-order valence-corrected chi connectivity index (χ4v) is 4.60. The number of carbonyl (C=O) groups is 2. The van der Waals surface area contributed by atoms with Gasteiger partial charge in [0, 0.05) is 22.9 Å². The van der Waals surface area contributed by atoms with Gasteiger partial charge in [-0.05, 0) is 43.7 Å². The van der Waals surface area contributed by atoms with E-state index in [1.807, 2.05) is 12.1 Å². The molecule has 2 heterocycles. The summed E-state index contributed by atoms with van der Waals surface area (Å²) in [6.07, 6.45) is 1.12.